The maximum Gasteiger partial charge on any atom is 0.0935 e. The minimum Gasteiger partial charge on any atom is -0.372 e. The fourth-order valence-corrected chi connectivity index (χ4v) is 2.78. The molecule has 1 unspecified atom stereocenters. The van der Waals surface area contributed by atoms with Crippen molar-refractivity contribution in [3.05, 3.63) is 30.3 Å². The molecule has 0 bridgehead atoms. The Morgan fingerprint density at radius 1 is 1.35 bits per heavy atom. The van der Waals surface area contributed by atoms with Crippen molar-refractivity contribution in [1.29, 1.82) is 0 Å². The second-order valence-electron chi connectivity index (χ2n) is 5.28. The lowest BCUT2D eigenvalue weighted by atomic mass is 9.93. The number of hydrogen-bond acceptors (Lipinski definition) is 3. The van der Waals surface area contributed by atoms with Crippen LogP contribution < -0.4 is 10.2 Å². The van der Waals surface area contributed by atoms with Crippen LogP contribution in [0.4, 0.5) is 5.69 Å². The van der Waals surface area contributed by atoms with Gasteiger partial charge in [0.25, 0.3) is 0 Å². The Morgan fingerprint density at radius 3 is 2.71 bits per heavy atom. The molecule has 2 saturated heterocycles. The van der Waals surface area contributed by atoms with Crippen LogP contribution in [0.5, 0.6) is 0 Å². The molecule has 0 aromatic heterocycles. The highest BCUT2D eigenvalue weighted by Gasteiger charge is 2.44. The highest BCUT2D eigenvalue weighted by atomic mass is 16.5. The summed E-state index contributed by atoms with van der Waals surface area (Å²) in [6, 6.07) is 10.5. The second kappa shape index (κ2) is 4.31. The normalized spacial score (nSPS) is 25.8. The second-order valence-corrected chi connectivity index (χ2v) is 5.28. The molecule has 3 nitrogen and oxygen atoms in total. The Hall–Kier alpha value is -1.06. The third-order valence-corrected chi connectivity index (χ3v) is 3.91. The van der Waals surface area contributed by atoms with Gasteiger partial charge < -0.3 is 15.0 Å². The van der Waals surface area contributed by atoms with Crippen molar-refractivity contribution < 1.29 is 4.74 Å². The Labute approximate surface area is 103 Å². The van der Waals surface area contributed by atoms with E-state index in [9.17, 15) is 0 Å². The number of ether oxygens (including phenoxy) is 1. The SMILES string of the molecule is CN(CC1CCC2(CNC2)O1)c1ccccc1. The summed E-state index contributed by atoms with van der Waals surface area (Å²) in [6.45, 7) is 3.07. The molecule has 0 saturated carbocycles. The van der Waals surface area contributed by atoms with Crippen molar-refractivity contribution in [1.82, 2.24) is 5.32 Å². The first kappa shape index (κ1) is 11.1. The van der Waals surface area contributed by atoms with E-state index >= 15 is 0 Å². The van der Waals surface area contributed by atoms with E-state index in [4.69, 9.17) is 4.74 Å². The van der Waals surface area contributed by atoms with E-state index in [1.165, 1.54) is 18.5 Å². The van der Waals surface area contributed by atoms with Gasteiger partial charge in [-0.2, -0.15) is 0 Å². The quantitative estimate of drug-likeness (QED) is 0.857. The van der Waals surface area contributed by atoms with Crippen LogP contribution in [0.3, 0.4) is 0 Å². The Kier molecular flexibility index (Phi) is 2.81. The fraction of sp³-hybridized carbons (Fsp3) is 0.571. The van der Waals surface area contributed by atoms with E-state index in [-0.39, 0.29) is 5.60 Å². The summed E-state index contributed by atoms with van der Waals surface area (Å²) in [7, 11) is 2.14. The van der Waals surface area contributed by atoms with Gasteiger partial charge in [0.05, 0.1) is 11.7 Å². The Morgan fingerprint density at radius 2 is 2.12 bits per heavy atom. The van der Waals surface area contributed by atoms with Gasteiger partial charge in [0.2, 0.25) is 0 Å². The van der Waals surface area contributed by atoms with E-state index in [2.05, 4.69) is 47.6 Å². The predicted molar refractivity (Wildman–Crippen MR) is 69.4 cm³/mol. The molecule has 3 rings (SSSR count). The minimum atomic E-state index is 0.183. The van der Waals surface area contributed by atoms with Gasteiger partial charge in [0.1, 0.15) is 0 Å². The summed E-state index contributed by atoms with van der Waals surface area (Å²) < 4.78 is 6.17. The zero-order chi connectivity index (χ0) is 11.7. The van der Waals surface area contributed by atoms with E-state index in [1.807, 2.05) is 0 Å². The summed E-state index contributed by atoms with van der Waals surface area (Å²) in [5.41, 5.74) is 1.45. The maximum atomic E-state index is 6.17. The number of rotatable bonds is 3. The van der Waals surface area contributed by atoms with E-state index in [0.29, 0.717) is 6.10 Å². The molecule has 17 heavy (non-hydrogen) atoms. The number of anilines is 1. The van der Waals surface area contributed by atoms with Gasteiger partial charge in [-0.15, -0.1) is 0 Å². The molecule has 1 aromatic carbocycles. The molecule has 0 amide bonds. The minimum absolute atomic E-state index is 0.183. The molecule has 0 aliphatic carbocycles. The van der Waals surface area contributed by atoms with Gasteiger partial charge >= 0.3 is 0 Å². The summed E-state index contributed by atoms with van der Waals surface area (Å²) >= 11 is 0. The lowest BCUT2D eigenvalue weighted by Crippen LogP contribution is -2.59. The van der Waals surface area contributed by atoms with Gasteiger partial charge in [-0.05, 0) is 25.0 Å². The third kappa shape index (κ3) is 2.17. The van der Waals surface area contributed by atoms with Crippen LogP contribution in [0.2, 0.25) is 0 Å². The first-order valence-corrected chi connectivity index (χ1v) is 6.42. The third-order valence-electron chi connectivity index (χ3n) is 3.91. The number of nitrogens with one attached hydrogen (secondary N) is 1. The van der Waals surface area contributed by atoms with Crippen molar-refractivity contribution in [2.24, 2.45) is 0 Å². The van der Waals surface area contributed by atoms with Gasteiger partial charge in [-0.1, -0.05) is 18.2 Å². The first-order valence-electron chi connectivity index (χ1n) is 6.42. The number of hydrogen-bond donors (Lipinski definition) is 1. The van der Waals surface area contributed by atoms with Crippen LogP contribution in [-0.4, -0.2) is 38.4 Å². The molecule has 92 valence electrons. The zero-order valence-electron chi connectivity index (χ0n) is 10.4. The number of likely N-dealkylation sites (N-methyl/N-ethyl adjacent to an activating group) is 1. The summed E-state index contributed by atoms with van der Waals surface area (Å²) in [5, 5.41) is 3.31. The molecule has 2 aliphatic rings. The molecule has 0 radical (unpaired) electrons. The van der Waals surface area contributed by atoms with Crippen LogP contribution in [0, 0.1) is 0 Å². The summed E-state index contributed by atoms with van der Waals surface area (Å²) in [4.78, 5) is 2.29. The largest absolute Gasteiger partial charge is 0.372 e. The molecular weight excluding hydrogens is 212 g/mol. The Balaban J connectivity index is 1.57. The van der Waals surface area contributed by atoms with E-state index in [1.54, 1.807) is 0 Å². The standard InChI is InChI=1S/C14H20N2O/c1-16(12-5-3-2-4-6-12)9-13-7-8-14(17-13)10-15-11-14/h2-6,13,15H,7-11H2,1H3. The topological polar surface area (TPSA) is 24.5 Å². The van der Waals surface area contributed by atoms with Crippen LogP contribution in [0.15, 0.2) is 30.3 Å². The van der Waals surface area contributed by atoms with Crippen molar-refractivity contribution in [2.75, 3.05) is 31.6 Å². The monoisotopic (exact) mass is 232 g/mol. The van der Waals surface area contributed by atoms with Crippen LogP contribution in [0.25, 0.3) is 0 Å². The lowest BCUT2D eigenvalue weighted by Gasteiger charge is -2.39. The molecule has 1 N–H and O–H groups in total. The summed E-state index contributed by atoms with van der Waals surface area (Å²) in [5.74, 6) is 0. The first-order chi connectivity index (χ1) is 8.27. The fourth-order valence-electron chi connectivity index (χ4n) is 2.78. The number of nitrogens with zero attached hydrogens (tertiary/aromatic N) is 1. The predicted octanol–water partition coefficient (Wildman–Crippen LogP) is 1.64. The van der Waals surface area contributed by atoms with Gasteiger partial charge in [-0.25, -0.2) is 0 Å². The molecule has 2 heterocycles. The van der Waals surface area contributed by atoms with Crippen LogP contribution in [-0.2, 0) is 4.74 Å². The van der Waals surface area contributed by atoms with Crippen molar-refractivity contribution in [3.63, 3.8) is 0 Å². The molecular formula is C14H20N2O. The van der Waals surface area contributed by atoms with Gasteiger partial charge in [0.15, 0.2) is 0 Å². The zero-order valence-corrected chi connectivity index (χ0v) is 10.4. The Bertz CT molecular complexity index is 375. The highest BCUT2D eigenvalue weighted by Crippen LogP contribution is 2.34. The highest BCUT2D eigenvalue weighted by molar-refractivity contribution is 5.45. The lowest BCUT2D eigenvalue weighted by molar-refractivity contribution is -0.0700. The molecule has 3 heteroatoms. The molecule has 1 spiro atoms. The molecule has 1 aromatic rings. The van der Waals surface area contributed by atoms with Crippen molar-refractivity contribution in [3.8, 4) is 0 Å². The number of para-hydroxylation sites is 1. The van der Waals surface area contributed by atoms with Gasteiger partial charge in [-0.3, -0.25) is 0 Å². The van der Waals surface area contributed by atoms with Crippen LogP contribution in [0.1, 0.15) is 12.8 Å². The maximum absolute atomic E-state index is 6.17. The van der Waals surface area contributed by atoms with Gasteiger partial charge in [0, 0.05) is 32.4 Å². The van der Waals surface area contributed by atoms with Crippen molar-refractivity contribution >= 4 is 5.69 Å². The smallest absolute Gasteiger partial charge is 0.0935 e. The molecule has 2 aliphatic heterocycles. The summed E-state index contributed by atoms with van der Waals surface area (Å²) in [6.07, 6.45) is 2.80. The average Bonchev–Trinajstić information content (AvgIpc) is 2.74. The average molecular weight is 232 g/mol. The van der Waals surface area contributed by atoms with E-state index in [0.717, 1.165) is 19.6 Å². The number of benzene rings is 1. The van der Waals surface area contributed by atoms with Crippen LogP contribution >= 0.6 is 0 Å². The molecule has 2 fully saturated rings. The van der Waals surface area contributed by atoms with Crippen molar-refractivity contribution in [2.45, 2.75) is 24.5 Å². The van der Waals surface area contributed by atoms with E-state index < -0.39 is 0 Å². The molecule has 1 atom stereocenters.